The van der Waals surface area contributed by atoms with Gasteiger partial charge in [-0.25, -0.2) is 0 Å². The average molecular weight is 327 g/mol. The summed E-state index contributed by atoms with van der Waals surface area (Å²) in [4.78, 5) is 2.36. The summed E-state index contributed by atoms with van der Waals surface area (Å²) in [6.07, 6.45) is 1.17. The zero-order valence-corrected chi connectivity index (χ0v) is 12.7. The first-order chi connectivity index (χ1) is 9.76. The van der Waals surface area contributed by atoms with Crippen molar-refractivity contribution in [3.8, 4) is 6.07 Å². The summed E-state index contributed by atoms with van der Waals surface area (Å²) in [6, 6.07) is 18.8. The molecule has 3 heteroatoms. The topological polar surface area (TPSA) is 27.0 Å². The van der Waals surface area contributed by atoms with E-state index in [9.17, 15) is 0 Å². The molecule has 1 aliphatic rings. The van der Waals surface area contributed by atoms with Crippen LogP contribution in [0.4, 0.5) is 5.69 Å². The summed E-state index contributed by atoms with van der Waals surface area (Å²) in [5.74, 6) is 0.584. The van der Waals surface area contributed by atoms with E-state index < -0.39 is 0 Å². The van der Waals surface area contributed by atoms with Crippen molar-refractivity contribution in [1.82, 2.24) is 0 Å². The number of hydrogen-bond acceptors (Lipinski definition) is 2. The Morgan fingerprint density at radius 1 is 1.15 bits per heavy atom. The van der Waals surface area contributed by atoms with Crippen molar-refractivity contribution in [2.24, 2.45) is 0 Å². The summed E-state index contributed by atoms with van der Waals surface area (Å²) >= 11 is 3.48. The van der Waals surface area contributed by atoms with Crippen molar-refractivity contribution >= 4 is 21.6 Å². The Kier molecular flexibility index (Phi) is 3.75. The molecule has 0 N–H and O–H groups in total. The molecule has 1 atom stereocenters. The minimum Gasteiger partial charge on any atom is -0.371 e. The van der Waals surface area contributed by atoms with Crippen molar-refractivity contribution in [2.75, 3.05) is 18.0 Å². The molecular weight excluding hydrogens is 312 g/mol. The standard InChI is InChI=1S/C17H15BrN2/c18-16-8-13(11-19)9-17(10-16)20-7-6-15(12-20)14-4-2-1-3-5-14/h1-5,8-10,15H,6-7,12H2. The van der Waals surface area contributed by atoms with E-state index in [0.717, 1.165) is 23.2 Å². The molecule has 0 bridgehead atoms. The third-order valence-corrected chi connectivity index (χ3v) is 4.29. The number of nitrogens with zero attached hydrogens (tertiary/aromatic N) is 2. The Hall–Kier alpha value is -1.79. The molecule has 0 spiro atoms. The molecule has 1 saturated heterocycles. The Labute approximate surface area is 127 Å². The molecule has 2 aromatic carbocycles. The van der Waals surface area contributed by atoms with Crippen LogP contribution in [0.15, 0.2) is 53.0 Å². The first kappa shape index (κ1) is 13.2. The van der Waals surface area contributed by atoms with Crippen LogP contribution in [0.5, 0.6) is 0 Å². The smallest absolute Gasteiger partial charge is 0.0992 e. The highest BCUT2D eigenvalue weighted by atomic mass is 79.9. The monoisotopic (exact) mass is 326 g/mol. The molecule has 100 valence electrons. The van der Waals surface area contributed by atoms with E-state index in [1.807, 2.05) is 12.1 Å². The van der Waals surface area contributed by atoms with E-state index in [4.69, 9.17) is 5.26 Å². The van der Waals surface area contributed by atoms with Crippen molar-refractivity contribution < 1.29 is 0 Å². The number of benzene rings is 2. The highest BCUT2D eigenvalue weighted by Crippen LogP contribution is 2.32. The zero-order valence-electron chi connectivity index (χ0n) is 11.1. The minimum atomic E-state index is 0.584. The van der Waals surface area contributed by atoms with Crippen molar-refractivity contribution in [3.05, 3.63) is 64.1 Å². The summed E-state index contributed by atoms with van der Waals surface area (Å²) in [6.45, 7) is 2.06. The fraction of sp³-hybridized carbons (Fsp3) is 0.235. The first-order valence-electron chi connectivity index (χ1n) is 6.77. The van der Waals surface area contributed by atoms with E-state index in [-0.39, 0.29) is 0 Å². The van der Waals surface area contributed by atoms with Crippen LogP contribution >= 0.6 is 15.9 Å². The number of anilines is 1. The van der Waals surface area contributed by atoms with Gasteiger partial charge in [-0.3, -0.25) is 0 Å². The summed E-state index contributed by atoms with van der Waals surface area (Å²) in [5.41, 5.74) is 3.25. The van der Waals surface area contributed by atoms with Crippen LogP contribution in [0.1, 0.15) is 23.5 Å². The summed E-state index contributed by atoms with van der Waals surface area (Å²) < 4.78 is 0.967. The molecule has 1 fully saturated rings. The Morgan fingerprint density at radius 2 is 1.95 bits per heavy atom. The lowest BCUT2D eigenvalue weighted by Gasteiger charge is -2.19. The normalized spacial score (nSPS) is 18.0. The van der Waals surface area contributed by atoms with Crippen molar-refractivity contribution in [3.63, 3.8) is 0 Å². The van der Waals surface area contributed by atoms with E-state index in [1.54, 1.807) is 0 Å². The lowest BCUT2D eigenvalue weighted by molar-refractivity contribution is 0.775. The van der Waals surface area contributed by atoms with Gasteiger partial charge in [0.25, 0.3) is 0 Å². The van der Waals surface area contributed by atoms with Crippen LogP contribution in [-0.2, 0) is 0 Å². The molecule has 1 heterocycles. The summed E-state index contributed by atoms with van der Waals surface area (Å²) in [5, 5.41) is 9.07. The van der Waals surface area contributed by atoms with Crippen LogP contribution in [-0.4, -0.2) is 13.1 Å². The maximum atomic E-state index is 9.07. The molecule has 0 radical (unpaired) electrons. The van der Waals surface area contributed by atoms with Gasteiger partial charge in [-0.15, -0.1) is 0 Å². The SMILES string of the molecule is N#Cc1cc(Br)cc(N2CCC(c3ccccc3)C2)c1. The maximum absolute atomic E-state index is 9.07. The Bertz CT molecular complexity index is 646. The lowest BCUT2D eigenvalue weighted by Crippen LogP contribution is -2.19. The third kappa shape index (κ3) is 2.71. The molecule has 0 amide bonds. The Morgan fingerprint density at radius 3 is 2.70 bits per heavy atom. The average Bonchev–Trinajstić information content (AvgIpc) is 2.97. The van der Waals surface area contributed by atoms with Gasteiger partial charge in [-0.05, 0) is 30.2 Å². The molecule has 1 aliphatic heterocycles. The molecule has 2 nitrogen and oxygen atoms in total. The van der Waals surface area contributed by atoms with Crippen LogP contribution in [0, 0.1) is 11.3 Å². The molecule has 0 aromatic heterocycles. The minimum absolute atomic E-state index is 0.584. The van der Waals surface area contributed by atoms with E-state index in [1.165, 1.54) is 12.0 Å². The molecule has 0 saturated carbocycles. The van der Waals surface area contributed by atoms with Crippen molar-refractivity contribution in [1.29, 1.82) is 5.26 Å². The predicted octanol–water partition coefficient (Wildman–Crippen LogP) is 4.31. The van der Waals surface area contributed by atoms with Gasteiger partial charge in [-0.1, -0.05) is 46.3 Å². The zero-order chi connectivity index (χ0) is 13.9. The van der Waals surface area contributed by atoms with Gasteiger partial charge < -0.3 is 4.90 Å². The second kappa shape index (κ2) is 5.68. The number of rotatable bonds is 2. The van der Waals surface area contributed by atoms with Gasteiger partial charge in [-0.2, -0.15) is 5.26 Å². The quantitative estimate of drug-likeness (QED) is 0.822. The second-order valence-corrected chi connectivity index (χ2v) is 6.07. The van der Waals surface area contributed by atoms with E-state index in [2.05, 4.69) is 63.3 Å². The fourth-order valence-electron chi connectivity index (χ4n) is 2.81. The number of hydrogen-bond donors (Lipinski definition) is 0. The van der Waals surface area contributed by atoms with Crippen LogP contribution in [0.25, 0.3) is 0 Å². The predicted molar refractivity (Wildman–Crippen MR) is 84.9 cm³/mol. The number of nitriles is 1. The van der Waals surface area contributed by atoms with Gasteiger partial charge in [0.05, 0.1) is 11.6 Å². The first-order valence-corrected chi connectivity index (χ1v) is 7.56. The molecule has 3 rings (SSSR count). The van der Waals surface area contributed by atoms with Gasteiger partial charge in [0.1, 0.15) is 0 Å². The highest BCUT2D eigenvalue weighted by molar-refractivity contribution is 9.10. The summed E-state index contributed by atoms with van der Waals surface area (Å²) in [7, 11) is 0. The molecule has 0 aliphatic carbocycles. The third-order valence-electron chi connectivity index (χ3n) is 3.84. The van der Waals surface area contributed by atoms with Gasteiger partial charge in [0.2, 0.25) is 0 Å². The van der Waals surface area contributed by atoms with Crippen LogP contribution in [0.3, 0.4) is 0 Å². The second-order valence-electron chi connectivity index (χ2n) is 5.15. The molecule has 1 unspecified atom stereocenters. The lowest BCUT2D eigenvalue weighted by atomic mass is 9.99. The van der Waals surface area contributed by atoms with Crippen molar-refractivity contribution in [2.45, 2.75) is 12.3 Å². The molecule has 2 aromatic rings. The van der Waals surface area contributed by atoms with Crippen LogP contribution in [0.2, 0.25) is 0 Å². The van der Waals surface area contributed by atoms with E-state index in [0.29, 0.717) is 11.5 Å². The van der Waals surface area contributed by atoms with Crippen LogP contribution < -0.4 is 4.90 Å². The Balaban J connectivity index is 1.81. The number of halogens is 1. The maximum Gasteiger partial charge on any atom is 0.0992 e. The molecule has 20 heavy (non-hydrogen) atoms. The molecular formula is C17H15BrN2. The van der Waals surface area contributed by atoms with Gasteiger partial charge >= 0.3 is 0 Å². The van der Waals surface area contributed by atoms with Gasteiger partial charge in [0, 0.05) is 29.2 Å². The van der Waals surface area contributed by atoms with Gasteiger partial charge in [0.15, 0.2) is 0 Å². The highest BCUT2D eigenvalue weighted by Gasteiger charge is 2.24. The van der Waals surface area contributed by atoms with E-state index >= 15 is 0 Å². The fourth-order valence-corrected chi connectivity index (χ4v) is 3.29. The largest absolute Gasteiger partial charge is 0.371 e.